The molecule has 100 valence electrons. The summed E-state index contributed by atoms with van der Waals surface area (Å²) in [6.07, 6.45) is 4.50. The Morgan fingerprint density at radius 3 is 2.68 bits per heavy atom. The highest BCUT2D eigenvalue weighted by atomic mass is 79.9. The molecule has 1 amide bonds. The van der Waals surface area contributed by atoms with E-state index in [9.17, 15) is 4.79 Å². The minimum Gasteiger partial charge on any atom is -0.368 e. The van der Waals surface area contributed by atoms with Crippen LogP contribution in [0, 0.1) is 11.3 Å². The Hall–Kier alpha value is -1.54. The second-order valence-electron chi connectivity index (χ2n) is 4.84. The van der Waals surface area contributed by atoms with Crippen LogP contribution in [0.5, 0.6) is 0 Å². The summed E-state index contributed by atoms with van der Waals surface area (Å²) in [6, 6.07) is 7.98. The number of carbonyl (C=O) groups excluding carboxylic acids is 1. The number of anilines is 1. The van der Waals surface area contributed by atoms with Crippen molar-refractivity contribution in [2.75, 3.05) is 11.4 Å². The molecule has 0 heterocycles. The van der Waals surface area contributed by atoms with Gasteiger partial charge in [0, 0.05) is 16.2 Å². The molecule has 5 heteroatoms. The second kappa shape index (κ2) is 6.07. The van der Waals surface area contributed by atoms with E-state index in [1.165, 1.54) is 12.8 Å². The first-order chi connectivity index (χ1) is 9.10. The van der Waals surface area contributed by atoms with Crippen LogP contribution in [0.4, 0.5) is 5.69 Å². The van der Waals surface area contributed by atoms with Crippen LogP contribution in [0.15, 0.2) is 22.7 Å². The molecule has 1 aromatic rings. The lowest BCUT2D eigenvalue weighted by Crippen LogP contribution is -2.40. The second-order valence-corrected chi connectivity index (χ2v) is 5.76. The number of rotatable bonds is 4. The molecule has 1 aliphatic carbocycles. The van der Waals surface area contributed by atoms with Gasteiger partial charge in [-0.3, -0.25) is 4.79 Å². The third kappa shape index (κ3) is 3.48. The fourth-order valence-corrected chi connectivity index (χ4v) is 3.10. The Bertz CT molecular complexity index is 518. The summed E-state index contributed by atoms with van der Waals surface area (Å²) < 4.78 is 0.842. The maximum Gasteiger partial charge on any atom is 0.236 e. The van der Waals surface area contributed by atoms with E-state index in [1.807, 2.05) is 17.0 Å². The standard InChI is InChI=1S/C14H16BrN3O/c15-11-5-10(8-16)6-13(7-11)18(9-14(17)19)12-3-1-2-4-12/h5-7,12H,1-4,9H2,(H2,17,19). The van der Waals surface area contributed by atoms with E-state index in [2.05, 4.69) is 22.0 Å². The van der Waals surface area contributed by atoms with Crippen molar-refractivity contribution in [3.63, 3.8) is 0 Å². The normalized spacial score (nSPS) is 15.2. The summed E-state index contributed by atoms with van der Waals surface area (Å²) >= 11 is 3.40. The van der Waals surface area contributed by atoms with Crippen LogP contribution in [0.3, 0.4) is 0 Å². The Labute approximate surface area is 121 Å². The van der Waals surface area contributed by atoms with Crippen molar-refractivity contribution < 1.29 is 4.79 Å². The van der Waals surface area contributed by atoms with Gasteiger partial charge >= 0.3 is 0 Å². The van der Waals surface area contributed by atoms with Crippen molar-refractivity contribution in [2.45, 2.75) is 31.7 Å². The molecule has 19 heavy (non-hydrogen) atoms. The van der Waals surface area contributed by atoms with E-state index in [4.69, 9.17) is 11.0 Å². The molecule has 0 bridgehead atoms. The lowest BCUT2D eigenvalue weighted by atomic mass is 10.1. The molecule has 4 nitrogen and oxygen atoms in total. The Balaban J connectivity index is 2.34. The summed E-state index contributed by atoms with van der Waals surface area (Å²) in [5.41, 5.74) is 6.82. The van der Waals surface area contributed by atoms with Gasteiger partial charge in [-0.15, -0.1) is 0 Å². The number of hydrogen-bond acceptors (Lipinski definition) is 3. The third-order valence-corrected chi connectivity index (χ3v) is 3.89. The molecule has 0 aromatic heterocycles. The maximum atomic E-state index is 11.3. The van der Waals surface area contributed by atoms with E-state index in [-0.39, 0.29) is 12.5 Å². The average Bonchev–Trinajstić information content (AvgIpc) is 2.88. The number of benzene rings is 1. The number of nitrogens with two attached hydrogens (primary N) is 1. The van der Waals surface area contributed by atoms with Crippen molar-refractivity contribution in [1.82, 2.24) is 0 Å². The van der Waals surface area contributed by atoms with Crippen molar-refractivity contribution in [3.8, 4) is 6.07 Å². The smallest absolute Gasteiger partial charge is 0.236 e. The van der Waals surface area contributed by atoms with E-state index in [1.54, 1.807) is 6.07 Å². The van der Waals surface area contributed by atoms with Crippen LogP contribution in [-0.2, 0) is 4.79 Å². The molecular weight excluding hydrogens is 306 g/mol. The van der Waals surface area contributed by atoms with Gasteiger partial charge in [-0.05, 0) is 31.0 Å². The van der Waals surface area contributed by atoms with Gasteiger partial charge in [-0.2, -0.15) is 5.26 Å². The zero-order valence-electron chi connectivity index (χ0n) is 10.6. The highest BCUT2D eigenvalue weighted by molar-refractivity contribution is 9.10. The largest absolute Gasteiger partial charge is 0.368 e. The molecule has 1 fully saturated rings. The molecule has 0 aliphatic heterocycles. The molecule has 1 aromatic carbocycles. The Morgan fingerprint density at radius 1 is 1.42 bits per heavy atom. The zero-order valence-corrected chi connectivity index (χ0v) is 12.2. The van der Waals surface area contributed by atoms with Crippen LogP contribution < -0.4 is 10.6 Å². The Morgan fingerprint density at radius 2 is 2.11 bits per heavy atom. The van der Waals surface area contributed by atoms with Crippen molar-refractivity contribution in [3.05, 3.63) is 28.2 Å². The summed E-state index contributed by atoms with van der Waals surface area (Å²) in [7, 11) is 0. The summed E-state index contributed by atoms with van der Waals surface area (Å²) in [4.78, 5) is 13.3. The number of hydrogen-bond donors (Lipinski definition) is 1. The highest BCUT2D eigenvalue weighted by Gasteiger charge is 2.24. The number of amides is 1. The van der Waals surface area contributed by atoms with E-state index < -0.39 is 0 Å². The average molecular weight is 322 g/mol. The number of nitrogens with zero attached hydrogens (tertiary/aromatic N) is 2. The van der Waals surface area contributed by atoms with Gasteiger partial charge < -0.3 is 10.6 Å². The van der Waals surface area contributed by atoms with Gasteiger partial charge in [0.25, 0.3) is 0 Å². The van der Waals surface area contributed by atoms with Gasteiger partial charge in [0.05, 0.1) is 18.2 Å². The van der Waals surface area contributed by atoms with Crippen molar-refractivity contribution in [2.24, 2.45) is 5.73 Å². The number of primary amides is 1. The number of nitriles is 1. The SMILES string of the molecule is N#Cc1cc(Br)cc(N(CC(N)=O)C2CCCC2)c1. The zero-order chi connectivity index (χ0) is 13.8. The molecule has 0 unspecified atom stereocenters. The predicted octanol–water partition coefficient (Wildman–Crippen LogP) is 2.56. The van der Waals surface area contributed by atoms with Crippen LogP contribution in [0.1, 0.15) is 31.2 Å². The van der Waals surface area contributed by atoms with E-state index in [0.717, 1.165) is 23.0 Å². The maximum absolute atomic E-state index is 11.3. The molecule has 1 aliphatic rings. The molecular formula is C14H16BrN3O. The molecule has 0 saturated heterocycles. The van der Waals surface area contributed by atoms with Gasteiger partial charge in [-0.25, -0.2) is 0 Å². The molecule has 2 rings (SSSR count). The fourth-order valence-electron chi connectivity index (χ4n) is 2.62. The Kier molecular flexibility index (Phi) is 4.43. The lowest BCUT2D eigenvalue weighted by Gasteiger charge is -2.30. The summed E-state index contributed by atoms with van der Waals surface area (Å²) in [6.45, 7) is 0.200. The quantitative estimate of drug-likeness (QED) is 0.926. The van der Waals surface area contributed by atoms with Crippen LogP contribution in [-0.4, -0.2) is 18.5 Å². The van der Waals surface area contributed by atoms with Gasteiger partial charge in [0.15, 0.2) is 0 Å². The lowest BCUT2D eigenvalue weighted by molar-refractivity contribution is -0.116. The van der Waals surface area contributed by atoms with Crippen molar-refractivity contribution in [1.29, 1.82) is 5.26 Å². The van der Waals surface area contributed by atoms with Crippen LogP contribution in [0.25, 0.3) is 0 Å². The van der Waals surface area contributed by atoms with E-state index >= 15 is 0 Å². The first kappa shape index (κ1) is 13.9. The first-order valence-corrected chi connectivity index (χ1v) is 7.15. The first-order valence-electron chi connectivity index (χ1n) is 6.36. The van der Waals surface area contributed by atoms with Gasteiger partial charge in [-0.1, -0.05) is 28.8 Å². The highest BCUT2D eigenvalue weighted by Crippen LogP contribution is 2.30. The minimum atomic E-state index is -0.342. The van der Waals surface area contributed by atoms with Gasteiger partial charge in [0.2, 0.25) is 5.91 Å². The number of halogens is 1. The minimum absolute atomic E-state index is 0.200. The van der Waals surface area contributed by atoms with Crippen LogP contribution >= 0.6 is 15.9 Å². The van der Waals surface area contributed by atoms with Gasteiger partial charge in [0.1, 0.15) is 0 Å². The monoisotopic (exact) mass is 321 g/mol. The molecule has 0 radical (unpaired) electrons. The molecule has 2 N–H and O–H groups in total. The molecule has 0 spiro atoms. The molecule has 0 atom stereocenters. The van der Waals surface area contributed by atoms with E-state index in [0.29, 0.717) is 11.6 Å². The summed E-state index contributed by atoms with van der Waals surface area (Å²) in [5, 5.41) is 9.03. The third-order valence-electron chi connectivity index (χ3n) is 3.43. The summed E-state index contributed by atoms with van der Waals surface area (Å²) in [5.74, 6) is -0.342. The fraction of sp³-hybridized carbons (Fsp3) is 0.429. The van der Waals surface area contributed by atoms with Crippen LogP contribution in [0.2, 0.25) is 0 Å². The predicted molar refractivity (Wildman–Crippen MR) is 77.7 cm³/mol. The number of carbonyl (C=O) groups is 1. The molecule has 1 saturated carbocycles. The topological polar surface area (TPSA) is 70.1 Å². The van der Waals surface area contributed by atoms with Crippen molar-refractivity contribution >= 4 is 27.5 Å².